The topological polar surface area (TPSA) is 106 Å². The van der Waals surface area contributed by atoms with Crippen molar-refractivity contribution in [2.45, 2.75) is 57.7 Å². The SMILES string of the molecule is COc1cccc2c1C(NC(=O)C1CC1CN1C(=O)CC(C)(C)N=C1N)CC(C)O2. The van der Waals surface area contributed by atoms with Crippen LogP contribution in [0.5, 0.6) is 11.5 Å². The third kappa shape index (κ3) is 3.95. The Labute approximate surface area is 176 Å². The molecule has 3 aliphatic rings. The molecule has 8 heteroatoms. The molecule has 1 aliphatic carbocycles. The summed E-state index contributed by atoms with van der Waals surface area (Å²) in [7, 11) is 1.62. The van der Waals surface area contributed by atoms with E-state index in [1.807, 2.05) is 39.0 Å². The van der Waals surface area contributed by atoms with Crippen LogP contribution in [0.4, 0.5) is 0 Å². The first-order valence-corrected chi connectivity index (χ1v) is 10.5. The predicted octanol–water partition coefficient (Wildman–Crippen LogP) is 1.99. The molecule has 2 amide bonds. The molecule has 4 rings (SSSR count). The van der Waals surface area contributed by atoms with Gasteiger partial charge in [0.1, 0.15) is 11.5 Å². The van der Waals surface area contributed by atoms with Gasteiger partial charge in [-0.05, 0) is 45.2 Å². The van der Waals surface area contributed by atoms with E-state index >= 15 is 0 Å². The maximum atomic E-state index is 13.0. The van der Waals surface area contributed by atoms with E-state index in [9.17, 15) is 9.59 Å². The number of methoxy groups -OCH3 is 1. The highest BCUT2D eigenvalue weighted by Crippen LogP contribution is 2.44. The monoisotopic (exact) mass is 414 g/mol. The van der Waals surface area contributed by atoms with E-state index < -0.39 is 5.54 Å². The molecule has 1 aromatic carbocycles. The van der Waals surface area contributed by atoms with Crippen molar-refractivity contribution in [2.75, 3.05) is 13.7 Å². The highest BCUT2D eigenvalue weighted by Gasteiger charge is 2.47. The zero-order chi connectivity index (χ0) is 21.6. The Kier molecular flexibility index (Phi) is 5.11. The molecule has 8 nitrogen and oxygen atoms in total. The molecule has 0 radical (unpaired) electrons. The second kappa shape index (κ2) is 7.49. The van der Waals surface area contributed by atoms with Gasteiger partial charge >= 0.3 is 0 Å². The average molecular weight is 415 g/mol. The van der Waals surface area contributed by atoms with Crippen LogP contribution in [0.1, 0.15) is 51.6 Å². The third-order valence-corrected chi connectivity index (χ3v) is 6.06. The predicted molar refractivity (Wildman–Crippen MR) is 112 cm³/mol. The van der Waals surface area contributed by atoms with Crippen LogP contribution in [0.25, 0.3) is 0 Å². The number of hydrogen-bond donors (Lipinski definition) is 2. The Bertz CT molecular complexity index is 897. The number of carbonyl (C=O) groups excluding carboxylic acids is 2. The lowest BCUT2D eigenvalue weighted by Crippen LogP contribution is -2.50. The van der Waals surface area contributed by atoms with Crippen molar-refractivity contribution in [1.29, 1.82) is 0 Å². The van der Waals surface area contributed by atoms with Crippen LogP contribution in [0.2, 0.25) is 0 Å². The summed E-state index contributed by atoms with van der Waals surface area (Å²) in [5, 5.41) is 3.18. The van der Waals surface area contributed by atoms with E-state index in [2.05, 4.69) is 10.3 Å². The van der Waals surface area contributed by atoms with Gasteiger partial charge in [-0.2, -0.15) is 0 Å². The van der Waals surface area contributed by atoms with E-state index in [4.69, 9.17) is 15.2 Å². The van der Waals surface area contributed by atoms with Gasteiger partial charge in [-0.15, -0.1) is 0 Å². The van der Waals surface area contributed by atoms with Crippen LogP contribution in [0.3, 0.4) is 0 Å². The first kappa shape index (κ1) is 20.5. The highest BCUT2D eigenvalue weighted by atomic mass is 16.5. The quantitative estimate of drug-likeness (QED) is 0.766. The van der Waals surface area contributed by atoms with E-state index in [1.165, 1.54) is 4.90 Å². The molecule has 0 saturated heterocycles. The van der Waals surface area contributed by atoms with Gasteiger partial charge in [-0.1, -0.05) is 6.07 Å². The van der Waals surface area contributed by atoms with Gasteiger partial charge in [0.05, 0.1) is 36.8 Å². The van der Waals surface area contributed by atoms with Crippen molar-refractivity contribution in [3.8, 4) is 11.5 Å². The first-order chi connectivity index (χ1) is 14.2. The molecule has 3 N–H and O–H groups in total. The van der Waals surface area contributed by atoms with Gasteiger partial charge in [0.25, 0.3) is 0 Å². The fraction of sp³-hybridized carbons (Fsp3) is 0.591. The zero-order valence-electron chi connectivity index (χ0n) is 18.0. The van der Waals surface area contributed by atoms with Gasteiger partial charge in [-0.3, -0.25) is 14.5 Å². The molecule has 4 atom stereocenters. The normalized spacial score (nSPS) is 29.4. The fourth-order valence-corrected chi connectivity index (χ4v) is 4.48. The maximum absolute atomic E-state index is 13.0. The number of hydrogen-bond acceptors (Lipinski definition) is 6. The van der Waals surface area contributed by atoms with Crippen LogP contribution < -0.4 is 20.5 Å². The summed E-state index contributed by atoms with van der Waals surface area (Å²) in [6.07, 6.45) is 1.74. The number of rotatable bonds is 5. The Morgan fingerprint density at radius 2 is 2.17 bits per heavy atom. The van der Waals surface area contributed by atoms with Crippen LogP contribution in [0.15, 0.2) is 23.2 Å². The number of fused-ring (bicyclic) bond motifs is 1. The lowest BCUT2D eigenvalue weighted by atomic mass is 9.95. The second-order valence-corrected chi connectivity index (χ2v) is 9.16. The second-order valence-electron chi connectivity index (χ2n) is 9.16. The van der Waals surface area contributed by atoms with Gasteiger partial charge in [-0.25, -0.2) is 4.99 Å². The van der Waals surface area contributed by atoms with E-state index in [-0.39, 0.29) is 41.8 Å². The van der Waals surface area contributed by atoms with Gasteiger partial charge in [0.2, 0.25) is 11.8 Å². The van der Waals surface area contributed by atoms with Gasteiger partial charge < -0.3 is 20.5 Å². The number of amides is 2. The molecule has 0 spiro atoms. The summed E-state index contributed by atoms with van der Waals surface area (Å²) in [4.78, 5) is 31.3. The summed E-state index contributed by atoms with van der Waals surface area (Å²) >= 11 is 0. The average Bonchev–Trinajstić information content (AvgIpc) is 3.42. The van der Waals surface area contributed by atoms with Crippen molar-refractivity contribution < 1.29 is 19.1 Å². The number of aliphatic imine (C=N–C) groups is 1. The molecule has 30 heavy (non-hydrogen) atoms. The van der Waals surface area contributed by atoms with E-state index in [0.29, 0.717) is 25.1 Å². The molecule has 1 aromatic rings. The van der Waals surface area contributed by atoms with Crippen LogP contribution in [-0.4, -0.2) is 48.0 Å². The number of nitrogens with zero attached hydrogens (tertiary/aromatic N) is 2. The molecule has 1 fully saturated rings. The molecule has 0 aromatic heterocycles. The molecule has 2 aliphatic heterocycles. The summed E-state index contributed by atoms with van der Waals surface area (Å²) in [5.41, 5.74) is 6.43. The van der Waals surface area contributed by atoms with Crippen molar-refractivity contribution in [3.05, 3.63) is 23.8 Å². The van der Waals surface area contributed by atoms with Crippen LogP contribution >= 0.6 is 0 Å². The smallest absolute Gasteiger partial charge is 0.231 e. The van der Waals surface area contributed by atoms with Gasteiger partial charge in [0.15, 0.2) is 5.96 Å². The minimum absolute atomic E-state index is 0.00347. The lowest BCUT2D eigenvalue weighted by molar-refractivity contribution is -0.130. The standard InChI is InChI=1S/C22H30N4O4/c1-12-8-15(19-16(29-4)6-5-7-17(19)30-12)24-20(28)14-9-13(14)11-26-18(27)10-22(2,3)25-21(26)23/h5-7,12-15H,8-11H2,1-4H3,(H2,23,25)(H,24,28). The first-order valence-electron chi connectivity index (χ1n) is 10.5. The maximum Gasteiger partial charge on any atom is 0.231 e. The number of nitrogens with one attached hydrogen (secondary N) is 1. The largest absolute Gasteiger partial charge is 0.496 e. The van der Waals surface area contributed by atoms with Crippen molar-refractivity contribution >= 4 is 17.8 Å². The summed E-state index contributed by atoms with van der Waals surface area (Å²) in [6, 6.07) is 5.49. The fourth-order valence-electron chi connectivity index (χ4n) is 4.48. The van der Waals surface area contributed by atoms with Gasteiger partial charge in [0, 0.05) is 18.9 Å². The number of guanidine groups is 1. The Morgan fingerprint density at radius 3 is 2.87 bits per heavy atom. The summed E-state index contributed by atoms with van der Waals surface area (Å²) in [5.74, 6) is 1.64. The Hall–Kier alpha value is -2.77. The minimum Gasteiger partial charge on any atom is -0.496 e. The number of nitrogens with two attached hydrogens (primary N) is 1. The molecule has 162 valence electrons. The van der Waals surface area contributed by atoms with Crippen molar-refractivity contribution in [1.82, 2.24) is 10.2 Å². The number of benzene rings is 1. The number of ether oxygens (including phenoxy) is 2. The summed E-state index contributed by atoms with van der Waals surface area (Å²) < 4.78 is 11.4. The molecular weight excluding hydrogens is 384 g/mol. The molecule has 1 saturated carbocycles. The van der Waals surface area contributed by atoms with Crippen LogP contribution in [-0.2, 0) is 9.59 Å². The van der Waals surface area contributed by atoms with E-state index in [0.717, 1.165) is 17.7 Å². The third-order valence-electron chi connectivity index (χ3n) is 6.06. The Morgan fingerprint density at radius 1 is 1.40 bits per heavy atom. The lowest BCUT2D eigenvalue weighted by Gasteiger charge is -2.33. The zero-order valence-corrected chi connectivity index (χ0v) is 18.0. The molecule has 4 unspecified atom stereocenters. The Balaban J connectivity index is 1.42. The molecule has 2 heterocycles. The number of carbonyl (C=O) groups is 2. The van der Waals surface area contributed by atoms with E-state index in [1.54, 1.807) is 7.11 Å². The van der Waals surface area contributed by atoms with Crippen molar-refractivity contribution in [2.24, 2.45) is 22.6 Å². The molecule has 0 bridgehead atoms. The minimum atomic E-state index is -0.468. The highest BCUT2D eigenvalue weighted by molar-refractivity contribution is 5.99. The molecular formula is C22H30N4O4. The summed E-state index contributed by atoms with van der Waals surface area (Å²) in [6.45, 7) is 6.21. The van der Waals surface area contributed by atoms with Crippen LogP contribution in [0, 0.1) is 11.8 Å². The van der Waals surface area contributed by atoms with Crippen molar-refractivity contribution in [3.63, 3.8) is 0 Å².